The second-order valence-corrected chi connectivity index (χ2v) is 8.81. The lowest BCUT2D eigenvalue weighted by Gasteiger charge is -2.21. The Morgan fingerprint density at radius 1 is 1.12 bits per heavy atom. The minimum atomic E-state index is 0.504. The van der Waals surface area contributed by atoms with Crippen LogP contribution in [0.5, 0.6) is 0 Å². The molecular formula is C20H24ClNS2. The van der Waals surface area contributed by atoms with E-state index in [4.69, 9.17) is 11.6 Å². The van der Waals surface area contributed by atoms with Gasteiger partial charge in [0.2, 0.25) is 0 Å². The van der Waals surface area contributed by atoms with Crippen molar-refractivity contribution < 1.29 is 0 Å². The highest BCUT2D eigenvalue weighted by atomic mass is 35.5. The maximum Gasteiger partial charge on any atom is 0.0409 e. The van der Waals surface area contributed by atoms with Gasteiger partial charge in [0, 0.05) is 32.4 Å². The van der Waals surface area contributed by atoms with Gasteiger partial charge < -0.3 is 4.90 Å². The number of benzene rings is 2. The smallest absolute Gasteiger partial charge is 0.0409 e. The summed E-state index contributed by atoms with van der Waals surface area (Å²) in [7, 11) is 0. The summed E-state index contributed by atoms with van der Waals surface area (Å²) in [4.78, 5) is 5.23. The molecule has 1 aliphatic rings. The summed E-state index contributed by atoms with van der Waals surface area (Å²) in [5.41, 5.74) is 2.85. The number of halogens is 1. The Labute approximate surface area is 159 Å². The van der Waals surface area contributed by atoms with Gasteiger partial charge in [0.1, 0.15) is 0 Å². The molecule has 1 atom stereocenters. The van der Waals surface area contributed by atoms with E-state index < -0.39 is 0 Å². The lowest BCUT2D eigenvalue weighted by molar-refractivity contribution is 0.323. The van der Waals surface area contributed by atoms with Crippen LogP contribution in [-0.2, 0) is 6.42 Å². The molecule has 2 aromatic rings. The summed E-state index contributed by atoms with van der Waals surface area (Å²) in [5, 5.41) is 1.34. The fourth-order valence-electron chi connectivity index (χ4n) is 3.09. The summed E-state index contributed by atoms with van der Waals surface area (Å²) in [6.45, 7) is 7.90. The van der Waals surface area contributed by atoms with E-state index >= 15 is 0 Å². The predicted molar refractivity (Wildman–Crippen MR) is 109 cm³/mol. The topological polar surface area (TPSA) is 3.24 Å². The number of hydrogen-bond acceptors (Lipinski definition) is 3. The zero-order chi connectivity index (χ0) is 16.9. The van der Waals surface area contributed by atoms with E-state index in [0.717, 1.165) is 31.1 Å². The van der Waals surface area contributed by atoms with E-state index in [0.29, 0.717) is 5.25 Å². The van der Waals surface area contributed by atoms with Crippen LogP contribution >= 0.6 is 35.1 Å². The second kappa shape index (κ2) is 8.66. The maximum atomic E-state index is 6.25. The number of hydrogen-bond donors (Lipinski definition) is 0. The molecule has 0 N–H and O–H groups in total. The van der Waals surface area contributed by atoms with Crippen LogP contribution in [0.1, 0.15) is 30.2 Å². The Morgan fingerprint density at radius 2 is 1.92 bits per heavy atom. The molecule has 2 aromatic carbocycles. The van der Waals surface area contributed by atoms with Gasteiger partial charge in [0.15, 0.2) is 0 Å². The summed E-state index contributed by atoms with van der Waals surface area (Å²) in [5.74, 6) is 1.17. The average Bonchev–Trinajstić information content (AvgIpc) is 2.75. The van der Waals surface area contributed by atoms with Crippen LogP contribution in [0.3, 0.4) is 0 Å². The molecule has 1 heterocycles. The van der Waals surface area contributed by atoms with Crippen molar-refractivity contribution in [2.24, 2.45) is 0 Å². The lowest BCUT2D eigenvalue weighted by atomic mass is 10.0. The van der Waals surface area contributed by atoms with Crippen molar-refractivity contribution in [3.63, 3.8) is 0 Å². The van der Waals surface area contributed by atoms with Gasteiger partial charge in [-0.3, -0.25) is 0 Å². The van der Waals surface area contributed by atoms with Crippen LogP contribution in [0.4, 0.5) is 0 Å². The predicted octanol–water partition coefficient (Wildman–Crippen LogP) is 6.16. The summed E-state index contributed by atoms with van der Waals surface area (Å²) in [6.07, 6.45) is 1.06. The molecule has 0 fully saturated rings. The Hall–Kier alpha value is -0.610. The Morgan fingerprint density at radius 3 is 2.71 bits per heavy atom. The molecule has 3 rings (SSSR count). The Balaban J connectivity index is 1.81. The van der Waals surface area contributed by atoms with E-state index in [9.17, 15) is 0 Å². The van der Waals surface area contributed by atoms with Crippen molar-refractivity contribution in [3.05, 3.63) is 58.6 Å². The third-order valence-corrected chi connectivity index (χ3v) is 7.22. The molecule has 0 saturated carbocycles. The SMILES string of the molecule is CCN(CC)CCSC1Cc2cc(Cl)ccc2Sc2ccccc21. The Bertz CT molecular complexity index is 685. The molecule has 0 radical (unpaired) electrons. The van der Waals surface area contributed by atoms with Crippen LogP contribution < -0.4 is 0 Å². The van der Waals surface area contributed by atoms with Crippen LogP contribution in [-0.4, -0.2) is 30.3 Å². The molecule has 0 aromatic heterocycles. The molecule has 1 nitrogen and oxygen atoms in total. The van der Waals surface area contributed by atoms with E-state index in [1.807, 2.05) is 17.8 Å². The fraction of sp³-hybridized carbons (Fsp3) is 0.400. The first-order valence-electron chi connectivity index (χ1n) is 8.60. The summed E-state index contributed by atoms with van der Waals surface area (Å²) >= 11 is 10.2. The van der Waals surface area contributed by atoms with Gasteiger partial charge in [-0.15, -0.1) is 0 Å². The van der Waals surface area contributed by atoms with Gasteiger partial charge in [-0.05, 0) is 54.9 Å². The third-order valence-electron chi connectivity index (χ3n) is 4.53. The van der Waals surface area contributed by atoms with Crippen LogP contribution in [0.25, 0.3) is 0 Å². The van der Waals surface area contributed by atoms with Crippen molar-refractivity contribution in [1.82, 2.24) is 4.90 Å². The van der Waals surface area contributed by atoms with Gasteiger partial charge in [-0.1, -0.05) is 55.4 Å². The van der Waals surface area contributed by atoms with Crippen LogP contribution in [0.15, 0.2) is 52.3 Å². The molecule has 0 bridgehead atoms. The Kier molecular flexibility index (Phi) is 6.56. The third kappa shape index (κ3) is 4.32. The second-order valence-electron chi connectivity index (χ2n) is 5.98. The fourth-order valence-corrected chi connectivity index (χ4v) is 5.81. The minimum absolute atomic E-state index is 0.504. The van der Waals surface area contributed by atoms with Crippen molar-refractivity contribution >= 4 is 35.1 Å². The first-order valence-corrected chi connectivity index (χ1v) is 10.8. The van der Waals surface area contributed by atoms with Crippen molar-refractivity contribution in [2.75, 3.05) is 25.4 Å². The van der Waals surface area contributed by atoms with Crippen molar-refractivity contribution in [1.29, 1.82) is 0 Å². The zero-order valence-corrected chi connectivity index (χ0v) is 16.7. The minimum Gasteiger partial charge on any atom is -0.303 e. The normalized spacial score (nSPS) is 16.6. The van der Waals surface area contributed by atoms with E-state index in [-0.39, 0.29) is 0 Å². The van der Waals surface area contributed by atoms with Gasteiger partial charge >= 0.3 is 0 Å². The molecular weight excluding hydrogens is 354 g/mol. The van der Waals surface area contributed by atoms with Crippen LogP contribution in [0, 0.1) is 0 Å². The van der Waals surface area contributed by atoms with Crippen molar-refractivity contribution in [3.8, 4) is 0 Å². The highest BCUT2D eigenvalue weighted by Crippen LogP contribution is 2.46. The summed E-state index contributed by atoms with van der Waals surface area (Å²) in [6, 6.07) is 15.2. The molecule has 128 valence electrons. The number of thioether (sulfide) groups is 1. The molecule has 0 amide bonds. The largest absolute Gasteiger partial charge is 0.303 e. The van der Waals surface area contributed by atoms with E-state index in [2.05, 4.69) is 66.9 Å². The quantitative estimate of drug-likeness (QED) is 0.593. The first-order chi connectivity index (χ1) is 11.7. The van der Waals surface area contributed by atoms with Crippen molar-refractivity contribution in [2.45, 2.75) is 35.3 Å². The highest BCUT2D eigenvalue weighted by Gasteiger charge is 2.23. The zero-order valence-electron chi connectivity index (χ0n) is 14.3. The van der Waals surface area contributed by atoms with Gasteiger partial charge in [0.25, 0.3) is 0 Å². The monoisotopic (exact) mass is 377 g/mol. The molecule has 0 saturated heterocycles. The van der Waals surface area contributed by atoms with Gasteiger partial charge in [-0.2, -0.15) is 11.8 Å². The number of fused-ring (bicyclic) bond motifs is 2. The molecule has 0 spiro atoms. The first kappa shape index (κ1) is 18.2. The molecule has 1 unspecified atom stereocenters. The molecule has 1 aliphatic heterocycles. The average molecular weight is 378 g/mol. The number of rotatable bonds is 6. The molecule has 0 aliphatic carbocycles. The van der Waals surface area contributed by atoms with Gasteiger partial charge in [0.05, 0.1) is 0 Å². The highest BCUT2D eigenvalue weighted by molar-refractivity contribution is 8.00. The van der Waals surface area contributed by atoms with Gasteiger partial charge in [-0.25, -0.2) is 0 Å². The van der Waals surface area contributed by atoms with E-state index in [1.54, 1.807) is 0 Å². The summed E-state index contributed by atoms with van der Waals surface area (Å²) < 4.78 is 0. The number of nitrogens with zero attached hydrogens (tertiary/aromatic N) is 1. The lowest BCUT2D eigenvalue weighted by Crippen LogP contribution is -2.25. The van der Waals surface area contributed by atoms with Crippen LogP contribution in [0.2, 0.25) is 5.02 Å². The molecule has 4 heteroatoms. The maximum absolute atomic E-state index is 6.25. The molecule has 24 heavy (non-hydrogen) atoms. The standard InChI is InChI=1S/C20H24ClNS2/c1-3-22(4-2)11-12-23-20-14-15-13-16(21)9-10-18(15)24-19-8-6-5-7-17(19)20/h5-10,13,20H,3-4,11-12,14H2,1-2H3. The van der Waals surface area contributed by atoms with E-state index in [1.165, 1.54) is 26.7 Å².